The molecule has 4 aromatic rings. The van der Waals surface area contributed by atoms with Gasteiger partial charge in [0, 0.05) is 48.1 Å². The second-order valence-corrected chi connectivity index (χ2v) is 12.6. The molecule has 45 heavy (non-hydrogen) atoms. The van der Waals surface area contributed by atoms with Crippen LogP contribution >= 0.6 is 0 Å². The molecule has 1 saturated heterocycles. The van der Waals surface area contributed by atoms with E-state index in [1.54, 1.807) is 66.7 Å². The minimum atomic E-state index is -5.20. The Morgan fingerprint density at radius 3 is 2.31 bits per heavy atom. The molecular weight excluding hydrogens is 611 g/mol. The average molecular weight is 642 g/mol. The number of fused-ring (bicyclic) bond motifs is 2. The van der Waals surface area contributed by atoms with Crippen LogP contribution in [-0.4, -0.2) is 72.1 Å². The van der Waals surface area contributed by atoms with E-state index in [-0.39, 0.29) is 31.1 Å². The first-order chi connectivity index (χ1) is 21.5. The van der Waals surface area contributed by atoms with Gasteiger partial charge in [-0.25, -0.2) is 13.2 Å². The number of para-hydroxylation sites is 1. The molecule has 1 fully saturated rings. The van der Waals surface area contributed by atoms with Gasteiger partial charge in [0.05, 0.1) is 37.4 Å². The lowest BCUT2D eigenvalue weighted by molar-refractivity contribution is -0.248. The first kappa shape index (κ1) is 30.5. The predicted molar refractivity (Wildman–Crippen MR) is 162 cm³/mol. The summed E-state index contributed by atoms with van der Waals surface area (Å²) >= 11 is 0. The number of hydrogen-bond acceptors (Lipinski definition) is 8. The Hall–Kier alpha value is -4.49. The second-order valence-electron chi connectivity index (χ2n) is 10.7. The zero-order valence-electron chi connectivity index (χ0n) is 24.4. The minimum absolute atomic E-state index is 0.0434. The molecule has 13 heteroatoms. The molecule has 2 atom stereocenters. The largest absolute Gasteiger partial charge is 0.497 e. The molecule has 0 N–H and O–H groups in total. The van der Waals surface area contributed by atoms with Crippen molar-refractivity contribution in [1.29, 1.82) is 0 Å². The summed E-state index contributed by atoms with van der Waals surface area (Å²) in [7, 11) is -1.13. The Morgan fingerprint density at radius 1 is 0.844 bits per heavy atom. The van der Waals surface area contributed by atoms with Crippen molar-refractivity contribution in [3.8, 4) is 11.5 Å². The summed E-state index contributed by atoms with van der Waals surface area (Å²) in [6, 6.07) is 23.4. The lowest BCUT2D eigenvalue weighted by Gasteiger charge is -2.43. The molecule has 0 aliphatic carbocycles. The number of carbonyl (C=O) groups is 1. The van der Waals surface area contributed by atoms with Gasteiger partial charge in [-0.2, -0.15) is 13.2 Å². The number of hydrogen-bond donors (Lipinski definition) is 0. The number of alkyl halides is 3. The molecule has 9 nitrogen and oxygen atoms in total. The highest BCUT2D eigenvalue weighted by atomic mass is 32.2. The molecule has 2 heterocycles. The molecule has 2 aliphatic rings. The maximum Gasteiger partial charge on any atom is 0.492 e. The maximum absolute atomic E-state index is 14.4. The Morgan fingerprint density at radius 2 is 1.58 bits per heavy atom. The van der Waals surface area contributed by atoms with Gasteiger partial charge in [0.1, 0.15) is 11.5 Å². The number of benzene rings is 4. The Balaban J connectivity index is 1.40. The zero-order valence-corrected chi connectivity index (χ0v) is 25.2. The molecule has 2 unspecified atom stereocenters. The SMILES string of the molecule is COc1cccc(N2CCN(OC(=O)C(F)(F)F)C(C3CN(S(=O)(=O)c4ccc(OC)c5ccccc45)c4ccccc43)C2)c1. The molecule has 0 bridgehead atoms. The molecule has 0 amide bonds. The fraction of sp³-hybridized carbons (Fsp3) is 0.281. The monoisotopic (exact) mass is 641 g/mol. The zero-order chi connectivity index (χ0) is 31.9. The summed E-state index contributed by atoms with van der Waals surface area (Å²) in [5.74, 6) is -1.85. The normalized spacial score (nSPS) is 19.0. The van der Waals surface area contributed by atoms with Crippen LogP contribution in [0.1, 0.15) is 11.5 Å². The third-order valence-corrected chi connectivity index (χ3v) is 10.1. The van der Waals surface area contributed by atoms with Gasteiger partial charge in [-0.1, -0.05) is 48.5 Å². The van der Waals surface area contributed by atoms with Gasteiger partial charge in [-0.05, 0) is 35.9 Å². The van der Waals surface area contributed by atoms with Crippen LogP contribution in [0.4, 0.5) is 24.5 Å². The third-order valence-electron chi connectivity index (χ3n) is 8.28. The van der Waals surface area contributed by atoms with E-state index >= 15 is 0 Å². The van der Waals surface area contributed by atoms with Crippen molar-refractivity contribution in [2.75, 3.05) is 49.6 Å². The number of carbonyl (C=O) groups excluding carboxylic acids is 1. The lowest BCUT2D eigenvalue weighted by Crippen LogP contribution is -2.57. The molecule has 0 radical (unpaired) electrons. The highest BCUT2D eigenvalue weighted by Crippen LogP contribution is 2.45. The standard InChI is InChI=1S/C32H30F3N3O6S/c1-42-22-9-7-8-21(18-22)36-16-17-37(44-31(39)32(33,34)35)28(20-36)26-19-38(27-13-6-5-10-23(26)27)45(40,41)30-15-14-29(43-2)24-11-3-4-12-25(24)30/h3-15,18,26,28H,16-17,19-20H2,1-2H3. The first-order valence-electron chi connectivity index (χ1n) is 14.1. The van der Waals surface area contributed by atoms with E-state index in [1.165, 1.54) is 24.6 Å². The van der Waals surface area contributed by atoms with Gasteiger partial charge >= 0.3 is 12.1 Å². The maximum atomic E-state index is 14.4. The predicted octanol–water partition coefficient (Wildman–Crippen LogP) is 5.36. The fourth-order valence-corrected chi connectivity index (χ4v) is 7.88. The van der Waals surface area contributed by atoms with Gasteiger partial charge in [0.15, 0.2) is 0 Å². The van der Waals surface area contributed by atoms with Gasteiger partial charge in [0.2, 0.25) is 0 Å². The molecule has 0 aromatic heterocycles. The van der Waals surface area contributed by atoms with Crippen molar-refractivity contribution in [3.63, 3.8) is 0 Å². The summed E-state index contributed by atoms with van der Waals surface area (Å²) in [6.45, 7) is 0.274. The van der Waals surface area contributed by atoms with Crippen LogP contribution in [0, 0.1) is 0 Å². The van der Waals surface area contributed by atoms with Crippen LogP contribution in [0.3, 0.4) is 0 Å². The van der Waals surface area contributed by atoms with Crippen LogP contribution in [-0.2, 0) is 19.7 Å². The number of hydroxylamine groups is 2. The molecule has 2 aliphatic heterocycles. The molecule has 0 saturated carbocycles. The van der Waals surface area contributed by atoms with E-state index in [4.69, 9.17) is 14.3 Å². The number of halogens is 3. The summed E-state index contributed by atoms with van der Waals surface area (Å²) < 4.78 is 80.9. The van der Waals surface area contributed by atoms with Gasteiger partial charge in [0.25, 0.3) is 10.0 Å². The van der Waals surface area contributed by atoms with E-state index in [2.05, 4.69) is 0 Å². The Bertz CT molecular complexity index is 1850. The summed E-state index contributed by atoms with van der Waals surface area (Å²) in [6.07, 6.45) is -5.20. The van der Waals surface area contributed by atoms with Crippen molar-refractivity contribution in [3.05, 3.63) is 90.5 Å². The Kier molecular flexibility index (Phi) is 8.00. The highest BCUT2D eigenvalue weighted by molar-refractivity contribution is 7.93. The first-order valence-corrected chi connectivity index (χ1v) is 15.6. The molecular formula is C32H30F3N3O6S. The molecule has 236 valence electrons. The van der Waals surface area contributed by atoms with E-state index in [0.717, 1.165) is 10.8 Å². The van der Waals surface area contributed by atoms with Crippen molar-refractivity contribution in [2.24, 2.45) is 0 Å². The Labute approximate surface area is 258 Å². The topological polar surface area (TPSA) is 88.6 Å². The van der Waals surface area contributed by atoms with Crippen molar-refractivity contribution < 1.29 is 40.7 Å². The number of anilines is 2. The highest BCUT2D eigenvalue weighted by Gasteiger charge is 2.48. The lowest BCUT2D eigenvalue weighted by atomic mass is 9.91. The van der Waals surface area contributed by atoms with Crippen molar-refractivity contribution in [2.45, 2.75) is 23.0 Å². The van der Waals surface area contributed by atoms with Crippen molar-refractivity contribution >= 4 is 38.1 Å². The van der Waals surface area contributed by atoms with E-state index in [0.29, 0.717) is 33.5 Å². The molecule has 0 spiro atoms. The van der Waals surface area contributed by atoms with Crippen LogP contribution < -0.4 is 18.7 Å². The quantitative estimate of drug-likeness (QED) is 0.267. The average Bonchev–Trinajstić information content (AvgIpc) is 3.44. The molecule has 6 rings (SSSR count). The van der Waals surface area contributed by atoms with Crippen LogP contribution in [0.5, 0.6) is 11.5 Å². The number of methoxy groups -OCH3 is 2. The summed E-state index contributed by atoms with van der Waals surface area (Å²) in [4.78, 5) is 19.0. The summed E-state index contributed by atoms with van der Waals surface area (Å²) in [5, 5.41) is 2.14. The van der Waals surface area contributed by atoms with Crippen molar-refractivity contribution in [1.82, 2.24) is 5.06 Å². The molecule has 4 aromatic carbocycles. The number of piperazine rings is 1. The number of ether oxygens (including phenoxy) is 2. The summed E-state index contributed by atoms with van der Waals surface area (Å²) in [5.41, 5.74) is 1.79. The minimum Gasteiger partial charge on any atom is -0.497 e. The number of sulfonamides is 1. The fourth-order valence-electron chi connectivity index (χ4n) is 6.16. The van der Waals surface area contributed by atoms with Crippen LogP contribution in [0.15, 0.2) is 89.8 Å². The third kappa shape index (κ3) is 5.61. The van der Waals surface area contributed by atoms with Gasteiger partial charge in [-0.15, -0.1) is 5.06 Å². The van der Waals surface area contributed by atoms with E-state index in [9.17, 15) is 26.4 Å². The van der Waals surface area contributed by atoms with Crippen LogP contribution in [0.25, 0.3) is 10.8 Å². The van der Waals surface area contributed by atoms with Gasteiger partial charge in [-0.3, -0.25) is 4.31 Å². The van der Waals surface area contributed by atoms with E-state index < -0.39 is 34.1 Å². The van der Waals surface area contributed by atoms with Gasteiger partial charge < -0.3 is 19.2 Å². The van der Waals surface area contributed by atoms with Crippen LogP contribution in [0.2, 0.25) is 0 Å². The number of rotatable bonds is 7. The smallest absolute Gasteiger partial charge is 0.492 e. The van der Waals surface area contributed by atoms with E-state index in [1.807, 2.05) is 17.0 Å². The second kappa shape index (κ2) is 11.8. The number of nitrogens with zero attached hydrogens (tertiary/aromatic N) is 3.